The Hall–Kier alpha value is -11.0. The molecule has 0 fully saturated rings. The Labute approximate surface area is 613 Å². The Bertz CT molecular complexity index is 6400. The van der Waals surface area contributed by atoms with E-state index >= 15 is 0 Å². The third-order valence-corrected chi connectivity index (χ3v) is 23.6. The van der Waals surface area contributed by atoms with Crippen molar-refractivity contribution in [2.45, 2.75) is 105 Å². The Morgan fingerprint density at radius 3 is 1.34 bits per heavy atom. The molecule has 0 radical (unpaired) electrons. The number of rotatable bonds is 7. The van der Waals surface area contributed by atoms with E-state index in [0.29, 0.717) is 16.8 Å². The van der Waals surface area contributed by atoms with Gasteiger partial charge in [0.25, 0.3) is 6.71 Å². The average molecular weight is 1350 g/mol. The molecule has 0 unspecified atom stereocenters. The van der Waals surface area contributed by atoms with Gasteiger partial charge in [-0.1, -0.05) is 295 Å². The van der Waals surface area contributed by atoms with Gasteiger partial charge in [0, 0.05) is 70.6 Å². The van der Waals surface area contributed by atoms with E-state index in [4.69, 9.17) is 0 Å². The monoisotopic (exact) mass is 1350 g/mol. The van der Waals surface area contributed by atoms with Gasteiger partial charge >= 0.3 is 0 Å². The number of aromatic nitrogens is 1. The number of fused-ring (bicyclic) bond motifs is 13. The van der Waals surface area contributed by atoms with Crippen molar-refractivity contribution in [2.24, 2.45) is 0 Å². The third-order valence-electron chi connectivity index (χ3n) is 22.4. The predicted octanol–water partition coefficient (Wildman–Crippen LogP) is 26.0. The Balaban J connectivity index is 1.03. The summed E-state index contributed by atoms with van der Waals surface area (Å²) >= 11 is 1.81. The van der Waals surface area contributed by atoms with Crippen molar-refractivity contribution in [1.29, 1.82) is 0 Å². The van der Waals surface area contributed by atoms with E-state index in [1.54, 1.807) is 0 Å². The van der Waals surface area contributed by atoms with Crippen LogP contribution in [-0.2, 0) is 21.7 Å². The largest absolute Gasteiger partial charge is 0.310 e. The standard InChI is InChI=1S/C98H82BN3S/c1-95(2,3)64-45-48-73-86(56-64)103-94-93(73)102(92-77(61-34-21-15-22-35-61)52-66(97(7,8)9)53-78(92)62-36-23-16-24-37-62)85-55-67(98(10,11)12)54-84-90(85)99(94)80-49-46-68(57-82(80)101(84)91-75(59-30-17-13-18-31-59)50-65(96(4,5)6)51-76(91)60-32-19-14-20-33-60)100-81-43-28-27-41-72(81)88-74-47-44-63-38-29-42-71-69-39-25-26-40-70(69)79(58-83(88)100)89(74)87(63)71/h13-58H,1-12H3/i46D,49D,57D. The fourth-order valence-electron chi connectivity index (χ4n) is 17.1. The fourth-order valence-corrected chi connectivity index (χ4v) is 18.4. The van der Waals surface area contributed by atoms with E-state index in [9.17, 15) is 4.11 Å². The van der Waals surface area contributed by atoms with E-state index in [1.165, 1.54) is 43.6 Å². The topological polar surface area (TPSA) is 11.4 Å². The highest BCUT2D eigenvalue weighted by Crippen LogP contribution is 2.58. The van der Waals surface area contributed by atoms with Gasteiger partial charge in [0.1, 0.15) is 0 Å². The van der Waals surface area contributed by atoms with Crippen molar-refractivity contribution >= 4 is 143 Å². The molecule has 17 aromatic rings. The maximum absolute atomic E-state index is 12.0. The molecule has 0 saturated heterocycles. The van der Waals surface area contributed by atoms with Crippen LogP contribution >= 0.6 is 11.3 Å². The van der Waals surface area contributed by atoms with Crippen LogP contribution in [0.1, 0.15) is 109 Å². The summed E-state index contributed by atoms with van der Waals surface area (Å²) in [6.07, 6.45) is 0. The van der Waals surface area contributed by atoms with Gasteiger partial charge in [0.15, 0.2) is 0 Å². The quantitative estimate of drug-likeness (QED) is 0.0895. The van der Waals surface area contributed by atoms with Gasteiger partial charge in [0.2, 0.25) is 0 Å². The van der Waals surface area contributed by atoms with Crippen molar-refractivity contribution < 1.29 is 4.11 Å². The minimum Gasteiger partial charge on any atom is -0.310 e. The van der Waals surface area contributed by atoms with Crippen molar-refractivity contribution in [3.63, 3.8) is 0 Å². The molecule has 0 amide bonds. The molecule has 2 aromatic heterocycles. The van der Waals surface area contributed by atoms with Crippen LogP contribution in [0.5, 0.6) is 0 Å². The summed E-state index contributed by atoms with van der Waals surface area (Å²) in [5, 5.41) is 12.6. The first-order chi connectivity index (χ1) is 50.9. The molecule has 2 aliphatic heterocycles. The number of hydrogen-bond donors (Lipinski definition) is 0. The summed E-state index contributed by atoms with van der Waals surface area (Å²) in [7, 11) is 0. The summed E-state index contributed by atoms with van der Waals surface area (Å²) in [6.45, 7) is 27.2. The lowest BCUT2D eigenvalue weighted by molar-refractivity contribution is 0.590. The minimum atomic E-state index is -0.629. The van der Waals surface area contributed by atoms with Crippen LogP contribution in [0, 0.1) is 0 Å². The van der Waals surface area contributed by atoms with Crippen LogP contribution in [0.2, 0.25) is 0 Å². The lowest BCUT2D eigenvalue weighted by Crippen LogP contribution is -2.60. The smallest absolute Gasteiger partial charge is 0.264 e. The molecule has 3 nitrogen and oxygen atoms in total. The molecule has 0 atom stereocenters. The predicted molar refractivity (Wildman–Crippen MR) is 448 cm³/mol. The highest BCUT2D eigenvalue weighted by Gasteiger charge is 2.48. The van der Waals surface area contributed by atoms with Crippen molar-refractivity contribution in [3.8, 4) is 50.2 Å². The second kappa shape index (κ2) is 22.8. The molecule has 0 aliphatic carbocycles. The maximum Gasteiger partial charge on any atom is 0.264 e. The third kappa shape index (κ3) is 9.75. The summed E-state index contributed by atoms with van der Waals surface area (Å²) in [5.41, 5.74) is 21.5. The number of hydrogen-bond acceptors (Lipinski definition) is 3. The Kier molecular flexibility index (Phi) is 13.2. The zero-order valence-corrected chi connectivity index (χ0v) is 61.5. The van der Waals surface area contributed by atoms with Crippen LogP contribution in [-0.4, -0.2) is 11.3 Å². The molecular weight excluding hydrogens is 1260 g/mol. The average Bonchev–Trinajstić information content (AvgIpc) is 1.13. The SMILES string of the molecule is [2H]c1c([2H])c(-n2c3ccccc3c3c4ccc5cccc6c7ccccc7c(cc32)c4c56)c([2H])c2c1B1c3sc4cc(C(C)(C)C)ccc4c3N(c3c(-c4ccccc4)cc(C(C)(C)C)cc3-c3ccccc3)c3cc(C(C)(C)C)cc(c31)N2c1c(-c2ccccc2)cc(C(C)(C)C)cc1-c1ccccc1. The highest BCUT2D eigenvalue weighted by molar-refractivity contribution is 7.33. The van der Waals surface area contributed by atoms with Crippen LogP contribution in [0.3, 0.4) is 0 Å². The second-order valence-corrected chi connectivity index (χ2v) is 34.0. The number of nitrogens with zero attached hydrogens (tertiary/aromatic N) is 3. The highest BCUT2D eigenvalue weighted by atomic mass is 32.1. The first-order valence-corrected chi connectivity index (χ1v) is 37.3. The summed E-state index contributed by atoms with van der Waals surface area (Å²) < 4.78 is 39.3. The van der Waals surface area contributed by atoms with Crippen LogP contribution < -0.4 is 25.5 Å². The number of para-hydroxylation sites is 1. The van der Waals surface area contributed by atoms with Gasteiger partial charge in [-0.2, -0.15) is 0 Å². The molecule has 0 N–H and O–H groups in total. The molecule has 0 saturated carbocycles. The molecule has 498 valence electrons. The summed E-state index contributed by atoms with van der Waals surface area (Å²) in [4.78, 5) is 5.10. The maximum atomic E-state index is 12.0. The van der Waals surface area contributed by atoms with E-state index in [1.807, 2.05) is 11.3 Å². The molecule has 2 aliphatic rings. The lowest BCUT2D eigenvalue weighted by atomic mass is 9.36. The van der Waals surface area contributed by atoms with E-state index in [-0.39, 0.29) is 34.4 Å². The van der Waals surface area contributed by atoms with Crippen molar-refractivity contribution in [1.82, 2.24) is 4.57 Å². The minimum absolute atomic E-state index is 0.00264. The molecule has 5 heteroatoms. The number of thiophene rings is 1. The van der Waals surface area contributed by atoms with Gasteiger partial charge in [-0.25, -0.2) is 0 Å². The lowest BCUT2D eigenvalue weighted by Gasteiger charge is -2.46. The van der Waals surface area contributed by atoms with Gasteiger partial charge in [-0.05, 0) is 187 Å². The zero-order chi connectivity index (χ0) is 72.9. The molecule has 103 heavy (non-hydrogen) atoms. The molecule has 4 heterocycles. The Morgan fingerprint density at radius 1 is 0.330 bits per heavy atom. The molecular formula is C98H82BN3S. The van der Waals surface area contributed by atoms with Crippen LogP contribution in [0.4, 0.5) is 34.1 Å². The van der Waals surface area contributed by atoms with Crippen LogP contribution in [0.15, 0.2) is 279 Å². The van der Waals surface area contributed by atoms with E-state index in [0.717, 1.165) is 137 Å². The Morgan fingerprint density at radius 2 is 0.796 bits per heavy atom. The van der Waals surface area contributed by atoms with Gasteiger partial charge in [-0.3, -0.25) is 0 Å². The van der Waals surface area contributed by atoms with Gasteiger partial charge < -0.3 is 14.4 Å². The summed E-state index contributed by atoms with van der Waals surface area (Å²) in [6, 6.07) is 96.7. The van der Waals surface area contributed by atoms with E-state index < -0.39 is 12.1 Å². The van der Waals surface area contributed by atoms with Gasteiger partial charge in [0.05, 0.1) is 32.2 Å². The normalized spacial score (nSPS) is 13.8. The van der Waals surface area contributed by atoms with Crippen molar-refractivity contribution in [3.05, 3.63) is 301 Å². The van der Waals surface area contributed by atoms with Gasteiger partial charge in [-0.15, -0.1) is 11.3 Å². The van der Waals surface area contributed by atoms with Crippen LogP contribution in [0.25, 0.3) is 125 Å². The fraction of sp³-hybridized carbons (Fsp3) is 0.163. The first-order valence-electron chi connectivity index (χ1n) is 38.0. The second-order valence-electron chi connectivity index (χ2n) is 33.0. The zero-order valence-electron chi connectivity index (χ0n) is 63.7. The van der Waals surface area contributed by atoms with E-state index in [2.05, 4.69) is 358 Å². The summed E-state index contributed by atoms with van der Waals surface area (Å²) in [5.74, 6) is 0. The number of benzene rings is 15. The number of anilines is 6. The first kappa shape index (κ1) is 59.7. The van der Waals surface area contributed by atoms with Crippen molar-refractivity contribution in [2.75, 3.05) is 9.80 Å². The molecule has 19 rings (SSSR count). The molecule has 0 spiro atoms. The molecule has 15 aromatic carbocycles. The molecule has 0 bridgehead atoms.